The summed E-state index contributed by atoms with van der Waals surface area (Å²) in [6.07, 6.45) is 2.28. The number of H-pyrrole nitrogens is 1. The van der Waals surface area contributed by atoms with Gasteiger partial charge >= 0.3 is 6.09 Å². The highest BCUT2D eigenvalue weighted by molar-refractivity contribution is 5.94. The van der Waals surface area contributed by atoms with E-state index in [0.717, 1.165) is 18.5 Å². The number of phenolic OH excluding ortho intramolecular Hbond substituents is 1. The van der Waals surface area contributed by atoms with Crippen LogP contribution in [0.3, 0.4) is 0 Å². The molecule has 1 aliphatic carbocycles. The predicted molar refractivity (Wildman–Crippen MR) is 114 cm³/mol. The standard InChI is InChI=1S/C21H27N5O5/c1-12(2)23-21(30)31-14-7-6-13(8-14)17-9-19(26-25-17)24-20(29)10-22-16-4-3-5-18(28)15(16)11-27/h3-5,9,11-14,22,28H,6-8,10H2,1-2H3,(H,23,30)(H2,24,25,26,29)/t13-,14+/m0/s1. The summed E-state index contributed by atoms with van der Waals surface area (Å²) in [4.78, 5) is 35.1. The molecule has 0 spiro atoms. The predicted octanol–water partition coefficient (Wildman–Crippen LogP) is 2.75. The molecule has 5 N–H and O–H groups in total. The maximum atomic E-state index is 12.2. The van der Waals surface area contributed by atoms with Crippen LogP contribution in [0.4, 0.5) is 16.3 Å². The third-order valence-corrected chi connectivity index (χ3v) is 5.01. The molecule has 2 atom stereocenters. The Kier molecular flexibility index (Phi) is 7.11. The monoisotopic (exact) mass is 429 g/mol. The number of alkyl carbamates (subject to hydrolysis) is 1. The maximum Gasteiger partial charge on any atom is 0.407 e. The first-order valence-electron chi connectivity index (χ1n) is 10.2. The van der Waals surface area contributed by atoms with Gasteiger partial charge in [-0.1, -0.05) is 6.07 Å². The van der Waals surface area contributed by atoms with Crippen LogP contribution in [0.25, 0.3) is 0 Å². The van der Waals surface area contributed by atoms with E-state index in [0.29, 0.717) is 24.2 Å². The van der Waals surface area contributed by atoms with Crippen molar-refractivity contribution < 1.29 is 24.2 Å². The molecule has 2 amide bonds. The number of carbonyl (C=O) groups excluding carboxylic acids is 3. The van der Waals surface area contributed by atoms with Crippen molar-refractivity contribution in [3.05, 3.63) is 35.5 Å². The van der Waals surface area contributed by atoms with Gasteiger partial charge in [-0.15, -0.1) is 0 Å². The number of carbonyl (C=O) groups is 3. The number of aldehydes is 1. The van der Waals surface area contributed by atoms with E-state index in [2.05, 4.69) is 26.1 Å². The van der Waals surface area contributed by atoms with Crippen molar-refractivity contribution >= 4 is 29.8 Å². The van der Waals surface area contributed by atoms with Crippen LogP contribution in [0.5, 0.6) is 5.75 Å². The van der Waals surface area contributed by atoms with Crippen molar-refractivity contribution in [2.24, 2.45) is 0 Å². The first-order chi connectivity index (χ1) is 14.9. The van der Waals surface area contributed by atoms with Gasteiger partial charge in [0.25, 0.3) is 0 Å². The quantitative estimate of drug-likeness (QED) is 0.406. The molecule has 10 heteroatoms. The molecule has 3 rings (SSSR count). The number of aromatic hydroxyl groups is 1. The van der Waals surface area contributed by atoms with E-state index in [1.54, 1.807) is 18.2 Å². The minimum atomic E-state index is -0.407. The molecule has 1 saturated carbocycles. The van der Waals surface area contributed by atoms with E-state index in [-0.39, 0.29) is 41.8 Å². The lowest BCUT2D eigenvalue weighted by Gasteiger charge is -2.14. The summed E-state index contributed by atoms with van der Waals surface area (Å²) < 4.78 is 5.44. The Bertz CT molecular complexity index is 942. The number of amides is 2. The Morgan fingerprint density at radius 1 is 1.35 bits per heavy atom. The molecule has 10 nitrogen and oxygen atoms in total. The fourth-order valence-electron chi connectivity index (χ4n) is 3.55. The molecule has 0 aliphatic heterocycles. The molecule has 31 heavy (non-hydrogen) atoms. The smallest absolute Gasteiger partial charge is 0.407 e. The molecule has 1 aromatic heterocycles. The molecular formula is C21H27N5O5. The first-order valence-corrected chi connectivity index (χ1v) is 10.2. The molecule has 1 aliphatic rings. The Hall–Kier alpha value is -3.56. The summed E-state index contributed by atoms with van der Waals surface area (Å²) >= 11 is 0. The summed E-state index contributed by atoms with van der Waals surface area (Å²) in [5.74, 6) is 0.0416. The van der Waals surface area contributed by atoms with Crippen molar-refractivity contribution in [1.82, 2.24) is 15.5 Å². The van der Waals surface area contributed by atoms with E-state index >= 15 is 0 Å². The van der Waals surface area contributed by atoms with Gasteiger partial charge in [-0.3, -0.25) is 14.7 Å². The number of hydrogen-bond donors (Lipinski definition) is 5. The number of aromatic amines is 1. The van der Waals surface area contributed by atoms with Crippen LogP contribution in [-0.4, -0.2) is 52.3 Å². The fraction of sp³-hybridized carbons (Fsp3) is 0.429. The number of aromatic nitrogens is 2. The molecule has 0 bridgehead atoms. The third kappa shape index (κ3) is 5.97. The van der Waals surface area contributed by atoms with E-state index in [1.165, 1.54) is 6.07 Å². The highest BCUT2D eigenvalue weighted by Gasteiger charge is 2.30. The fourth-order valence-corrected chi connectivity index (χ4v) is 3.55. The average molecular weight is 429 g/mol. The molecule has 0 unspecified atom stereocenters. The van der Waals surface area contributed by atoms with Gasteiger partial charge in [0.1, 0.15) is 11.9 Å². The zero-order valence-corrected chi connectivity index (χ0v) is 17.5. The van der Waals surface area contributed by atoms with E-state index in [9.17, 15) is 19.5 Å². The van der Waals surface area contributed by atoms with Crippen molar-refractivity contribution in [2.45, 2.75) is 51.2 Å². The zero-order valence-electron chi connectivity index (χ0n) is 17.5. The van der Waals surface area contributed by atoms with Crippen LogP contribution in [0.15, 0.2) is 24.3 Å². The Morgan fingerprint density at radius 3 is 2.90 bits per heavy atom. The summed E-state index contributed by atoms with van der Waals surface area (Å²) in [7, 11) is 0. The number of rotatable bonds is 8. The number of nitrogens with zero attached hydrogens (tertiary/aromatic N) is 1. The van der Waals surface area contributed by atoms with Crippen LogP contribution in [0.2, 0.25) is 0 Å². The Balaban J connectivity index is 1.49. The number of ether oxygens (including phenoxy) is 1. The minimum Gasteiger partial charge on any atom is -0.507 e. The Labute approximate surface area is 179 Å². The molecule has 166 valence electrons. The topological polar surface area (TPSA) is 145 Å². The maximum absolute atomic E-state index is 12.2. The van der Waals surface area contributed by atoms with Crippen LogP contribution < -0.4 is 16.0 Å². The van der Waals surface area contributed by atoms with Gasteiger partial charge in [0.15, 0.2) is 12.1 Å². The SMILES string of the molecule is CC(C)NC(=O)O[C@@H]1CC[C@H](c2cc(NC(=O)CNc3cccc(O)c3C=O)n[nH]2)C1. The number of nitrogens with one attached hydrogen (secondary N) is 4. The Morgan fingerprint density at radius 2 is 2.16 bits per heavy atom. The van der Waals surface area contributed by atoms with E-state index in [1.807, 2.05) is 13.8 Å². The minimum absolute atomic E-state index is 0.0237. The molecule has 2 aromatic rings. The van der Waals surface area contributed by atoms with Gasteiger partial charge in [-0.25, -0.2) is 4.79 Å². The summed E-state index contributed by atoms with van der Waals surface area (Å²) in [5, 5.41) is 25.0. The van der Waals surface area contributed by atoms with Gasteiger partial charge in [0.2, 0.25) is 5.91 Å². The van der Waals surface area contributed by atoms with Crippen LogP contribution in [0, 0.1) is 0 Å². The number of hydrogen-bond acceptors (Lipinski definition) is 7. The molecule has 1 heterocycles. The second-order valence-corrected chi connectivity index (χ2v) is 7.80. The zero-order chi connectivity index (χ0) is 22.4. The van der Waals surface area contributed by atoms with Gasteiger partial charge in [-0.05, 0) is 45.2 Å². The summed E-state index contributed by atoms with van der Waals surface area (Å²) in [5.41, 5.74) is 1.33. The molecule has 1 aromatic carbocycles. The van der Waals surface area contributed by atoms with Crippen LogP contribution in [-0.2, 0) is 9.53 Å². The summed E-state index contributed by atoms with van der Waals surface area (Å²) in [6.45, 7) is 3.65. The molecule has 1 fully saturated rings. The average Bonchev–Trinajstić information content (AvgIpc) is 3.35. The highest BCUT2D eigenvalue weighted by atomic mass is 16.6. The highest BCUT2D eigenvalue weighted by Crippen LogP contribution is 2.35. The van der Waals surface area contributed by atoms with Crippen molar-refractivity contribution in [2.75, 3.05) is 17.2 Å². The summed E-state index contributed by atoms with van der Waals surface area (Å²) in [6, 6.07) is 6.37. The number of anilines is 2. The molecule has 0 radical (unpaired) electrons. The van der Waals surface area contributed by atoms with Gasteiger partial charge in [0, 0.05) is 29.4 Å². The lowest BCUT2D eigenvalue weighted by atomic mass is 10.0. The largest absolute Gasteiger partial charge is 0.507 e. The van der Waals surface area contributed by atoms with Gasteiger partial charge in [0.05, 0.1) is 12.1 Å². The van der Waals surface area contributed by atoms with Crippen molar-refractivity contribution in [1.29, 1.82) is 0 Å². The van der Waals surface area contributed by atoms with Gasteiger partial charge in [-0.2, -0.15) is 5.10 Å². The van der Waals surface area contributed by atoms with Gasteiger partial charge < -0.3 is 25.8 Å². The first kappa shape index (κ1) is 22.1. The normalized spacial score (nSPS) is 17.9. The molecular weight excluding hydrogens is 402 g/mol. The van der Waals surface area contributed by atoms with E-state index < -0.39 is 6.09 Å². The second-order valence-electron chi connectivity index (χ2n) is 7.80. The number of phenols is 1. The third-order valence-electron chi connectivity index (χ3n) is 5.01. The van der Waals surface area contributed by atoms with Crippen molar-refractivity contribution in [3.8, 4) is 5.75 Å². The van der Waals surface area contributed by atoms with Crippen molar-refractivity contribution in [3.63, 3.8) is 0 Å². The second kappa shape index (κ2) is 9.96. The van der Waals surface area contributed by atoms with Crippen LogP contribution in [0.1, 0.15) is 55.1 Å². The van der Waals surface area contributed by atoms with E-state index in [4.69, 9.17) is 4.74 Å². The number of benzene rings is 1. The molecule has 0 saturated heterocycles. The lowest BCUT2D eigenvalue weighted by Crippen LogP contribution is -2.33. The lowest BCUT2D eigenvalue weighted by molar-refractivity contribution is -0.114. The van der Waals surface area contributed by atoms with Crippen LogP contribution >= 0.6 is 0 Å².